The van der Waals surface area contributed by atoms with E-state index in [-0.39, 0.29) is 11.9 Å². The van der Waals surface area contributed by atoms with E-state index in [1.54, 1.807) is 4.90 Å². The molecule has 1 saturated heterocycles. The molecule has 0 aliphatic carbocycles. The first kappa shape index (κ1) is 13.7. The van der Waals surface area contributed by atoms with Gasteiger partial charge in [-0.05, 0) is 32.1 Å². The van der Waals surface area contributed by atoms with Crippen molar-refractivity contribution in [1.29, 1.82) is 0 Å². The number of hydrogen-bond donors (Lipinski definition) is 0. The van der Waals surface area contributed by atoms with Crippen molar-refractivity contribution < 1.29 is 4.79 Å². The smallest absolute Gasteiger partial charge is 0.244 e. The summed E-state index contributed by atoms with van der Waals surface area (Å²) >= 11 is 0. The van der Waals surface area contributed by atoms with Crippen LogP contribution in [0.3, 0.4) is 0 Å². The quantitative estimate of drug-likeness (QED) is 0.701. The van der Waals surface area contributed by atoms with Crippen LogP contribution in [0.4, 0.5) is 0 Å². The SMILES string of the molecule is C=N/C(=C(\C)C(C)C)N1CCN(C)C(=O)[C@@H]1C. The van der Waals surface area contributed by atoms with Crippen molar-refractivity contribution in [3.05, 3.63) is 11.4 Å². The molecule has 4 nitrogen and oxygen atoms in total. The molecule has 0 radical (unpaired) electrons. The molecule has 1 atom stereocenters. The Hall–Kier alpha value is -1.32. The molecule has 0 aromatic carbocycles. The molecule has 0 N–H and O–H groups in total. The van der Waals surface area contributed by atoms with E-state index in [0.717, 1.165) is 18.9 Å². The van der Waals surface area contributed by atoms with E-state index in [4.69, 9.17) is 0 Å². The van der Waals surface area contributed by atoms with E-state index in [0.29, 0.717) is 5.92 Å². The molecule has 17 heavy (non-hydrogen) atoms. The second-order valence-corrected chi connectivity index (χ2v) is 4.95. The zero-order valence-electron chi connectivity index (χ0n) is 11.5. The third-order valence-corrected chi connectivity index (χ3v) is 3.52. The fourth-order valence-electron chi connectivity index (χ4n) is 2.00. The molecule has 1 aliphatic rings. The van der Waals surface area contributed by atoms with Crippen LogP contribution in [0, 0.1) is 5.92 Å². The lowest BCUT2D eigenvalue weighted by Gasteiger charge is -2.39. The largest absolute Gasteiger partial charge is 0.343 e. The van der Waals surface area contributed by atoms with E-state index in [1.165, 1.54) is 5.57 Å². The monoisotopic (exact) mass is 237 g/mol. The summed E-state index contributed by atoms with van der Waals surface area (Å²) < 4.78 is 0. The molecule has 96 valence electrons. The fraction of sp³-hybridized carbons (Fsp3) is 0.692. The Morgan fingerprint density at radius 2 is 2.06 bits per heavy atom. The highest BCUT2D eigenvalue weighted by atomic mass is 16.2. The third kappa shape index (κ3) is 2.68. The van der Waals surface area contributed by atoms with Crippen LogP contribution in [0.15, 0.2) is 16.4 Å². The Morgan fingerprint density at radius 1 is 1.47 bits per heavy atom. The molecule has 0 unspecified atom stereocenters. The van der Waals surface area contributed by atoms with Crippen molar-refractivity contribution in [1.82, 2.24) is 9.80 Å². The van der Waals surface area contributed by atoms with E-state index < -0.39 is 0 Å². The van der Waals surface area contributed by atoms with Crippen molar-refractivity contribution in [2.24, 2.45) is 10.9 Å². The predicted molar refractivity (Wildman–Crippen MR) is 70.9 cm³/mol. The Labute approximate surface area is 104 Å². The highest BCUT2D eigenvalue weighted by molar-refractivity contribution is 5.82. The van der Waals surface area contributed by atoms with Gasteiger partial charge in [0.25, 0.3) is 0 Å². The van der Waals surface area contributed by atoms with E-state index in [9.17, 15) is 4.79 Å². The summed E-state index contributed by atoms with van der Waals surface area (Å²) in [5.41, 5.74) is 1.18. The molecule has 0 spiro atoms. The highest BCUT2D eigenvalue weighted by Crippen LogP contribution is 2.23. The second kappa shape index (κ2) is 5.34. The number of rotatable bonds is 3. The lowest BCUT2D eigenvalue weighted by Crippen LogP contribution is -2.53. The minimum atomic E-state index is -0.150. The molecule has 1 aliphatic heterocycles. The number of nitrogens with zero attached hydrogens (tertiary/aromatic N) is 3. The Morgan fingerprint density at radius 3 is 2.53 bits per heavy atom. The molecule has 1 amide bonds. The van der Waals surface area contributed by atoms with Gasteiger partial charge in [-0.15, -0.1) is 0 Å². The van der Waals surface area contributed by atoms with Gasteiger partial charge in [-0.2, -0.15) is 0 Å². The average Bonchev–Trinajstić information content (AvgIpc) is 2.29. The Kier molecular flexibility index (Phi) is 4.32. The zero-order chi connectivity index (χ0) is 13.2. The minimum Gasteiger partial charge on any atom is -0.343 e. The lowest BCUT2D eigenvalue weighted by molar-refractivity contribution is -0.138. The second-order valence-electron chi connectivity index (χ2n) is 4.95. The molecule has 1 fully saturated rings. The molecule has 0 saturated carbocycles. The first-order chi connectivity index (χ1) is 7.90. The van der Waals surface area contributed by atoms with E-state index in [2.05, 4.69) is 37.4 Å². The van der Waals surface area contributed by atoms with Crippen LogP contribution in [-0.2, 0) is 4.79 Å². The van der Waals surface area contributed by atoms with Crippen molar-refractivity contribution >= 4 is 12.6 Å². The van der Waals surface area contributed by atoms with Crippen LogP contribution in [0.2, 0.25) is 0 Å². The van der Waals surface area contributed by atoms with Crippen LogP contribution in [0.1, 0.15) is 27.7 Å². The molecule has 0 bridgehead atoms. The lowest BCUT2D eigenvalue weighted by atomic mass is 10.0. The maximum atomic E-state index is 11.9. The van der Waals surface area contributed by atoms with Gasteiger partial charge in [-0.25, -0.2) is 4.99 Å². The van der Waals surface area contributed by atoms with Gasteiger partial charge in [-0.1, -0.05) is 13.8 Å². The fourth-order valence-corrected chi connectivity index (χ4v) is 2.00. The van der Waals surface area contributed by atoms with Gasteiger partial charge in [-0.3, -0.25) is 4.79 Å². The van der Waals surface area contributed by atoms with E-state index >= 15 is 0 Å². The van der Waals surface area contributed by atoms with Crippen LogP contribution >= 0.6 is 0 Å². The zero-order valence-corrected chi connectivity index (χ0v) is 11.5. The summed E-state index contributed by atoms with van der Waals surface area (Å²) in [6.45, 7) is 13.5. The molecule has 0 aromatic rings. The number of likely N-dealkylation sites (N-methyl/N-ethyl adjacent to an activating group) is 1. The molecular weight excluding hydrogens is 214 g/mol. The Bertz CT molecular complexity index is 347. The first-order valence-electron chi connectivity index (χ1n) is 6.09. The van der Waals surface area contributed by atoms with Gasteiger partial charge in [0.05, 0.1) is 0 Å². The number of hydrogen-bond acceptors (Lipinski definition) is 3. The van der Waals surface area contributed by atoms with Gasteiger partial charge < -0.3 is 9.80 Å². The van der Waals surface area contributed by atoms with Gasteiger partial charge in [0.15, 0.2) is 0 Å². The third-order valence-electron chi connectivity index (χ3n) is 3.52. The molecule has 0 aromatic heterocycles. The van der Waals surface area contributed by atoms with Crippen LogP contribution in [-0.4, -0.2) is 48.6 Å². The summed E-state index contributed by atoms with van der Waals surface area (Å²) in [5, 5.41) is 0. The molecule has 1 rings (SSSR count). The van der Waals surface area contributed by atoms with Gasteiger partial charge in [0, 0.05) is 20.1 Å². The number of carbonyl (C=O) groups excluding carboxylic acids is 1. The summed E-state index contributed by atoms with van der Waals surface area (Å²) in [5.74, 6) is 1.43. The van der Waals surface area contributed by atoms with Gasteiger partial charge in [0.2, 0.25) is 5.91 Å². The maximum Gasteiger partial charge on any atom is 0.244 e. The number of piperazine rings is 1. The molecular formula is C13H23N3O. The summed E-state index contributed by atoms with van der Waals surface area (Å²) in [6.07, 6.45) is 0. The van der Waals surface area contributed by atoms with Crippen molar-refractivity contribution in [2.75, 3.05) is 20.1 Å². The number of amides is 1. The van der Waals surface area contributed by atoms with Crippen LogP contribution in [0.5, 0.6) is 0 Å². The van der Waals surface area contributed by atoms with Crippen LogP contribution < -0.4 is 0 Å². The average molecular weight is 237 g/mol. The first-order valence-corrected chi connectivity index (χ1v) is 6.09. The van der Waals surface area contributed by atoms with E-state index in [1.807, 2.05) is 14.0 Å². The molecule has 4 heteroatoms. The maximum absolute atomic E-state index is 11.9. The normalized spacial score (nSPS) is 22.9. The molecule has 1 heterocycles. The summed E-state index contributed by atoms with van der Waals surface area (Å²) in [6, 6.07) is -0.150. The van der Waals surface area contributed by atoms with Crippen molar-refractivity contribution in [3.63, 3.8) is 0 Å². The highest BCUT2D eigenvalue weighted by Gasteiger charge is 2.31. The number of aliphatic imine (C=N–C) groups is 1. The summed E-state index contributed by atoms with van der Waals surface area (Å²) in [4.78, 5) is 19.9. The number of allylic oxidation sites excluding steroid dienone is 1. The summed E-state index contributed by atoms with van der Waals surface area (Å²) in [7, 11) is 1.84. The van der Waals surface area contributed by atoms with Gasteiger partial charge >= 0.3 is 0 Å². The van der Waals surface area contributed by atoms with Crippen LogP contribution in [0.25, 0.3) is 0 Å². The topological polar surface area (TPSA) is 35.9 Å². The Balaban J connectivity index is 3.02. The number of carbonyl (C=O) groups is 1. The standard InChI is InChI=1S/C13H23N3O/c1-9(2)10(3)12(14-5)16-8-7-15(6)13(17)11(16)4/h9,11H,5,7-8H2,1-4,6H3/b12-10-/t11-/m0/s1. The van der Waals surface area contributed by atoms with Gasteiger partial charge in [0.1, 0.15) is 11.9 Å². The van der Waals surface area contributed by atoms with Crippen molar-refractivity contribution in [3.8, 4) is 0 Å². The minimum absolute atomic E-state index is 0.147. The predicted octanol–water partition coefficient (Wildman–Crippen LogP) is 1.74. The van der Waals surface area contributed by atoms with Crippen molar-refractivity contribution in [2.45, 2.75) is 33.7 Å².